The predicted octanol–water partition coefficient (Wildman–Crippen LogP) is 2.57. The van der Waals surface area contributed by atoms with E-state index < -0.39 is 5.97 Å². The lowest BCUT2D eigenvalue weighted by molar-refractivity contribution is -0.137. The Morgan fingerprint density at radius 3 is 2.86 bits per heavy atom. The first-order valence-corrected chi connectivity index (χ1v) is 7.31. The Labute approximate surface area is 128 Å². The second-order valence-electron chi connectivity index (χ2n) is 5.01. The van der Waals surface area contributed by atoms with Crippen LogP contribution < -0.4 is 4.90 Å². The van der Waals surface area contributed by atoms with E-state index in [-0.39, 0.29) is 24.5 Å². The number of carbonyl (C=O) groups is 2. The molecule has 1 aliphatic heterocycles. The molecular weight excluding hydrogens is 294 g/mol. The number of anilines is 1. The van der Waals surface area contributed by atoms with Crippen molar-refractivity contribution in [1.82, 2.24) is 0 Å². The third kappa shape index (κ3) is 3.74. The van der Waals surface area contributed by atoms with Gasteiger partial charge >= 0.3 is 5.97 Å². The molecule has 21 heavy (non-hydrogen) atoms. The third-order valence-electron chi connectivity index (χ3n) is 3.61. The van der Waals surface area contributed by atoms with E-state index in [4.69, 9.17) is 21.4 Å². The lowest BCUT2D eigenvalue weighted by atomic mass is 9.97. The van der Waals surface area contributed by atoms with E-state index in [0.717, 1.165) is 6.42 Å². The number of hydrogen-bond donors (Lipinski definition) is 1. The second-order valence-corrected chi connectivity index (χ2v) is 5.45. The van der Waals surface area contributed by atoms with Crippen molar-refractivity contribution in [2.24, 2.45) is 5.92 Å². The van der Waals surface area contributed by atoms with Gasteiger partial charge in [0.05, 0.1) is 12.0 Å². The molecule has 1 saturated heterocycles. The Morgan fingerprint density at radius 2 is 2.24 bits per heavy atom. The largest absolute Gasteiger partial charge is 0.480 e. The highest BCUT2D eigenvalue weighted by Gasteiger charge is 2.36. The smallest absolute Gasteiger partial charge is 0.323 e. The summed E-state index contributed by atoms with van der Waals surface area (Å²) in [5.41, 5.74) is 0.497. The Hall–Kier alpha value is -1.59. The summed E-state index contributed by atoms with van der Waals surface area (Å²) < 4.78 is 5.53. The standard InChI is InChI=1S/C15H18ClNO4/c1-2-13-12(6-7-21-13)15(20)17(9-14(18)19)11-5-3-4-10(16)8-11/h3-5,8,12-13H,2,6-7,9H2,1H3,(H,18,19). The number of halogens is 1. The van der Waals surface area contributed by atoms with Crippen LogP contribution in [0.3, 0.4) is 0 Å². The zero-order chi connectivity index (χ0) is 15.4. The molecule has 2 atom stereocenters. The van der Waals surface area contributed by atoms with Gasteiger partial charge in [-0.05, 0) is 31.0 Å². The molecule has 0 radical (unpaired) electrons. The summed E-state index contributed by atoms with van der Waals surface area (Å²) in [6.45, 7) is 2.11. The Balaban J connectivity index is 2.27. The van der Waals surface area contributed by atoms with Crippen LogP contribution in [0, 0.1) is 5.92 Å². The molecule has 0 aliphatic carbocycles. The zero-order valence-corrected chi connectivity index (χ0v) is 12.5. The van der Waals surface area contributed by atoms with Crippen LogP contribution in [0.1, 0.15) is 19.8 Å². The van der Waals surface area contributed by atoms with Crippen molar-refractivity contribution in [2.45, 2.75) is 25.9 Å². The minimum Gasteiger partial charge on any atom is -0.480 e. The van der Waals surface area contributed by atoms with Crippen molar-refractivity contribution < 1.29 is 19.4 Å². The number of benzene rings is 1. The number of aliphatic carboxylic acids is 1. The van der Waals surface area contributed by atoms with Crippen LogP contribution >= 0.6 is 11.6 Å². The van der Waals surface area contributed by atoms with Crippen molar-refractivity contribution in [3.63, 3.8) is 0 Å². The number of carboxylic acid groups (broad SMARTS) is 1. The minimum absolute atomic E-state index is 0.145. The molecule has 1 aromatic carbocycles. The van der Waals surface area contributed by atoms with Crippen LogP contribution in [0.4, 0.5) is 5.69 Å². The molecule has 0 aromatic heterocycles. The normalized spacial score (nSPS) is 21.2. The van der Waals surface area contributed by atoms with Gasteiger partial charge < -0.3 is 14.7 Å². The van der Waals surface area contributed by atoms with Gasteiger partial charge in [-0.2, -0.15) is 0 Å². The summed E-state index contributed by atoms with van der Waals surface area (Å²) in [5.74, 6) is -1.58. The maximum absolute atomic E-state index is 12.7. The van der Waals surface area contributed by atoms with Crippen molar-refractivity contribution in [2.75, 3.05) is 18.1 Å². The fourth-order valence-corrected chi connectivity index (χ4v) is 2.79. The van der Waals surface area contributed by atoms with Gasteiger partial charge in [-0.1, -0.05) is 24.6 Å². The first-order chi connectivity index (χ1) is 10.0. The number of nitrogens with zero attached hydrogens (tertiary/aromatic N) is 1. The summed E-state index contributed by atoms with van der Waals surface area (Å²) >= 11 is 5.94. The fraction of sp³-hybridized carbons (Fsp3) is 0.467. The number of carboxylic acids is 1. The monoisotopic (exact) mass is 311 g/mol. The molecule has 1 amide bonds. The summed E-state index contributed by atoms with van der Waals surface area (Å²) in [4.78, 5) is 25.1. The molecule has 1 fully saturated rings. The lowest BCUT2D eigenvalue weighted by Gasteiger charge is -2.26. The molecule has 0 bridgehead atoms. The SMILES string of the molecule is CCC1OCCC1C(=O)N(CC(=O)O)c1cccc(Cl)c1. The molecule has 2 rings (SSSR count). The first-order valence-electron chi connectivity index (χ1n) is 6.93. The number of carbonyl (C=O) groups excluding carboxylic acids is 1. The number of rotatable bonds is 5. The van der Waals surface area contributed by atoms with Gasteiger partial charge in [0.25, 0.3) is 0 Å². The molecule has 1 heterocycles. The molecule has 114 valence electrons. The Bertz CT molecular complexity index is 534. The minimum atomic E-state index is -1.06. The maximum Gasteiger partial charge on any atom is 0.323 e. The molecule has 1 N–H and O–H groups in total. The average molecular weight is 312 g/mol. The lowest BCUT2D eigenvalue weighted by Crippen LogP contribution is -2.42. The Kier molecular flexibility index (Phi) is 5.20. The van der Waals surface area contributed by atoms with Gasteiger partial charge in [-0.15, -0.1) is 0 Å². The third-order valence-corrected chi connectivity index (χ3v) is 3.84. The van der Waals surface area contributed by atoms with Crippen molar-refractivity contribution in [1.29, 1.82) is 0 Å². The van der Waals surface area contributed by atoms with E-state index in [0.29, 0.717) is 23.7 Å². The summed E-state index contributed by atoms with van der Waals surface area (Å²) in [6, 6.07) is 6.66. The summed E-state index contributed by atoms with van der Waals surface area (Å²) in [6.07, 6.45) is 1.20. The summed E-state index contributed by atoms with van der Waals surface area (Å²) in [5, 5.41) is 9.53. The predicted molar refractivity (Wildman–Crippen MR) is 79.6 cm³/mol. The van der Waals surface area contributed by atoms with Crippen LogP contribution in [0.2, 0.25) is 5.02 Å². The van der Waals surface area contributed by atoms with Crippen LogP contribution in [-0.2, 0) is 14.3 Å². The van der Waals surface area contributed by atoms with E-state index in [2.05, 4.69) is 0 Å². The van der Waals surface area contributed by atoms with Gasteiger partial charge in [0.15, 0.2) is 0 Å². The second kappa shape index (κ2) is 6.91. The molecule has 6 heteroatoms. The Morgan fingerprint density at radius 1 is 1.48 bits per heavy atom. The van der Waals surface area contributed by atoms with E-state index in [9.17, 15) is 9.59 Å². The van der Waals surface area contributed by atoms with E-state index in [1.807, 2.05) is 6.92 Å². The maximum atomic E-state index is 12.7. The van der Waals surface area contributed by atoms with Gasteiger partial charge in [0.1, 0.15) is 6.54 Å². The first kappa shape index (κ1) is 15.8. The average Bonchev–Trinajstić information content (AvgIpc) is 2.92. The van der Waals surface area contributed by atoms with Gasteiger partial charge in [0, 0.05) is 17.3 Å². The molecule has 0 spiro atoms. The van der Waals surface area contributed by atoms with Gasteiger partial charge in [-0.25, -0.2) is 0 Å². The molecule has 5 nitrogen and oxygen atoms in total. The molecule has 0 saturated carbocycles. The molecular formula is C15H18ClNO4. The highest BCUT2D eigenvalue weighted by molar-refractivity contribution is 6.31. The van der Waals surface area contributed by atoms with Crippen molar-refractivity contribution >= 4 is 29.2 Å². The van der Waals surface area contributed by atoms with Crippen molar-refractivity contribution in [3.8, 4) is 0 Å². The summed E-state index contributed by atoms with van der Waals surface area (Å²) in [7, 11) is 0. The van der Waals surface area contributed by atoms with E-state index >= 15 is 0 Å². The number of amides is 1. The highest BCUT2D eigenvalue weighted by Crippen LogP contribution is 2.28. The molecule has 2 unspecified atom stereocenters. The fourth-order valence-electron chi connectivity index (χ4n) is 2.61. The molecule has 1 aromatic rings. The van der Waals surface area contributed by atoms with Crippen LogP contribution in [0.5, 0.6) is 0 Å². The highest BCUT2D eigenvalue weighted by atomic mass is 35.5. The van der Waals surface area contributed by atoms with E-state index in [1.54, 1.807) is 24.3 Å². The quantitative estimate of drug-likeness (QED) is 0.907. The van der Waals surface area contributed by atoms with Crippen LogP contribution in [0.25, 0.3) is 0 Å². The van der Waals surface area contributed by atoms with Crippen molar-refractivity contribution in [3.05, 3.63) is 29.3 Å². The zero-order valence-electron chi connectivity index (χ0n) is 11.8. The topological polar surface area (TPSA) is 66.8 Å². The van der Waals surface area contributed by atoms with Crippen LogP contribution in [-0.4, -0.2) is 36.2 Å². The van der Waals surface area contributed by atoms with E-state index in [1.165, 1.54) is 4.90 Å². The van der Waals surface area contributed by atoms with Crippen LogP contribution in [0.15, 0.2) is 24.3 Å². The number of hydrogen-bond acceptors (Lipinski definition) is 3. The molecule has 1 aliphatic rings. The number of ether oxygens (including phenoxy) is 1. The van der Waals surface area contributed by atoms with Gasteiger partial charge in [-0.3, -0.25) is 9.59 Å². The van der Waals surface area contributed by atoms with Gasteiger partial charge in [0.2, 0.25) is 5.91 Å².